The van der Waals surface area contributed by atoms with Gasteiger partial charge in [-0.05, 0) is 12.8 Å². The Morgan fingerprint density at radius 1 is 0.926 bits per heavy atom. The lowest BCUT2D eigenvalue weighted by atomic mass is 10.0. The molecule has 0 saturated carbocycles. The number of sulfonamides is 1. The number of amides is 2. The third-order valence-electron chi connectivity index (χ3n) is 5.57. The van der Waals surface area contributed by atoms with Gasteiger partial charge in [-0.15, -0.1) is 0 Å². The lowest BCUT2D eigenvalue weighted by Crippen LogP contribution is -2.58. The van der Waals surface area contributed by atoms with Crippen molar-refractivity contribution in [3.63, 3.8) is 0 Å². The molecule has 3 saturated heterocycles. The Bertz CT molecular complexity index is 642. The molecule has 0 radical (unpaired) electrons. The molecule has 3 rings (SSSR count). The van der Waals surface area contributed by atoms with E-state index >= 15 is 0 Å². The Hall–Kier alpha value is -1.23. The van der Waals surface area contributed by atoms with Crippen LogP contribution in [0.5, 0.6) is 0 Å². The number of morpholine rings is 1. The minimum Gasteiger partial charge on any atom is -0.379 e. The molecule has 1 atom stereocenters. The Labute approximate surface area is 161 Å². The maximum absolute atomic E-state index is 12.9. The van der Waals surface area contributed by atoms with Crippen molar-refractivity contribution in [1.82, 2.24) is 19.0 Å². The van der Waals surface area contributed by atoms with Gasteiger partial charge in [-0.2, -0.15) is 4.31 Å². The number of piperazine rings is 1. The van der Waals surface area contributed by atoms with E-state index in [-0.39, 0.29) is 11.8 Å². The average molecular weight is 403 g/mol. The smallest absolute Gasteiger partial charge is 0.241 e. The van der Waals surface area contributed by atoms with Crippen molar-refractivity contribution in [3.05, 3.63) is 0 Å². The third kappa shape index (κ3) is 5.18. The molecular weight excluding hydrogens is 372 g/mol. The lowest BCUT2D eigenvalue weighted by Gasteiger charge is -2.40. The van der Waals surface area contributed by atoms with E-state index in [1.165, 1.54) is 10.6 Å². The van der Waals surface area contributed by atoms with Crippen molar-refractivity contribution < 1.29 is 22.7 Å². The summed E-state index contributed by atoms with van der Waals surface area (Å²) in [6.45, 7) is 5.58. The van der Waals surface area contributed by atoms with Crippen LogP contribution in [-0.2, 0) is 24.3 Å². The van der Waals surface area contributed by atoms with E-state index in [0.717, 1.165) is 25.9 Å². The SMILES string of the molecule is CS(=O)(=O)N1CCCCC1C(=O)N1CCN(C(=O)CN2CCOCC2)CC1. The van der Waals surface area contributed by atoms with Crippen LogP contribution in [0.4, 0.5) is 0 Å². The summed E-state index contributed by atoms with van der Waals surface area (Å²) in [7, 11) is -3.39. The van der Waals surface area contributed by atoms with Crippen LogP contribution in [0.2, 0.25) is 0 Å². The molecule has 0 aromatic carbocycles. The predicted molar refractivity (Wildman–Crippen MR) is 99.6 cm³/mol. The maximum Gasteiger partial charge on any atom is 0.241 e. The molecule has 2 amide bonds. The minimum atomic E-state index is -3.39. The molecule has 3 aliphatic rings. The van der Waals surface area contributed by atoms with Crippen LogP contribution in [0.25, 0.3) is 0 Å². The number of hydrogen-bond acceptors (Lipinski definition) is 6. The fraction of sp³-hybridized carbons (Fsp3) is 0.882. The molecule has 0 spiro atoms. The first-order valence-corrected chi connectivity index (χ1v) is 11.5. The molecule has 9 nitrogen and oxygen atoms in total. The zero-order chi connectivity index (χ0) is 19.4. The van der Waals surface area contributed by atoms with E-state index < -0.39 is 16.1 Å². The number of carbonyl (C=O) groups is 2. The lowest BCUT2D eigenvalue weighted by molar-refractivity contribution is -0.143. The highest BCUT2D eigenvalue weighted by atomic mass is 32.2. The highest BCUT2D eigenvalue weighted by molar-refractivity contribution is 7.88. The molecule has 3 heterocycles. The Morgan fingerprint density at radius 2 is 1.56 bits per heavy atom. The zero-order valence-electron chi connectivity index (χ0n) is 16.0. The molecule has 0 N–H and O–H groups in total. The Balaban J connectivity index is 1.52. The first-order chi connectivity index (χ1) is 12.9. The van der Waals surface area contributed by atoms with E-state index in [1.807, 2.05) is 0 Å². The van der Waals surface area contributed by atoms with E-state index in [4.69, 9.17) is 4.74 Å². The third-order valence-corrected chi connectivity index (χ3v) is 6.86. The van der Waals surface area contributed by atoms with Crippen LogP contribution in [0.15, 0.2) is 0 Å². The van der Waals surface area contributed by atoms with Gasteiger partial charge in [0.25, 0.3) is 0 Å². The Kier molecular flexibility index (Phi) is 6.72. The zero-order valence-corrected chi connectivity index (χ0v) is 16.8. The largest absolute Gasteiger partial charge is 0.379 e. The summed E-state index contributed by atoms with van der Waals surface area (Å²) >= 11 is 0. The Morgan fingerprint density at radius 3 is 2.19 bits per heavy atom. The summed E-state index contributed by atoms with van der Waals surface area (Å²) < 4.78 is 30.6. The van der Waals surface area contributed by atoms with Crippen molar-refractivity contribution in [2.45, 2.75) is 25.3 Å². The number of ether oxygens (including phenoxy) is 1. The number of carbonyl (C=O) groups excluding carboxylic acids is 2. The second-order valence-electron chi connectivity index (χ2n) is 7.48. The fourth-order valence-corrected chi connectivity index (χ4v) is 5.10. The molecule has 0 aliphatic carbocycles. The second kappa shape index (κ2) is 8.85. The quantitative estimate of drug-likeness (QED) is 0.587. The predicted octanol–water partition coefficient (Wildman–Crippen LogP) is -1.20. The standard InChI is InChI=1S/C17H30N4O5S/c1-27(24,25)21-5-3-2-4-15(21)17(23)20-8-6-19(7-9-20)16(22)14-18-10-12-26-13-11-18/h15H,2-14H2,1H3. The summed E-state index contributed by atoms with van der Waals surface area (Å²) in [5, 5.41) is 0. The number of rotatable bonds is 4. The van der Waals surface area contributed by atoms with Crippen LogP contribution < -0.4 is 0 Å². The van der Waals surface area contributed by atoms with Crippen molar-refractivity contribution >= 4 is 21.8 Å². The van der Waals surface area contributed by atoms with Gasteiger partial charge in [0.1, 0.15) is 6.04 Å². The van der Waals surface area contributed by atoms with Crippen molar-refractivity contribution in [2.24, 2.45) is 0 Å². The van der Waals surface area contributed by atoms with E-state index in [1.54, 1.807) is 9.80 Å². The molecule has 1 unspecified atom stereocenters. The van der Waals surface area contributed by atoms with Gasteiger partial charge < -0.3 is 14.5 Å². The summed E-state index contributed by atoms with van der Waals surface area (Å²) in [6, 6.07) is -0.593. The molecule has 0 aromatic heterocycles. The topological polar surface area (TPSA) is 90.5 Å². The first-order valence-electron chi connectivity index (χ1n) is 9.70. The van der Waals surface area contributed by atoms with Crippen LogP contribution in [0.3, 0.4) is 0 Å². The molecular formula is C17H30N4O5S. The molecule has 27 heavy (non-hydrogen) atoms. The van der Waals surface area contributed by atoms with E-state index in [9.17, 15) is 18.0 Å². The monoisotopic (exact) mass is 402 g/mol. The van der Waals surface area contributed by atoms with Crippen LogP contribution in [0.1, 0.15) is 19.3 Å². The van der Waals surface area contributed by atoms with E-state index in [2.05, 4.69) is 4.90 Å². The number of nitrogens with zero attached hydrogens (tertiary/aromatic N) is 4. The minimum absolute atomic E-state index is 0.0828. The van der Waals surface area contributed by atoms with Gasteiger partial charge in [-0.3, -0.25) is 14.5 Å². The molecule has 3 aliphatic heterocycles. The summed E-state index contributed by atoms with van der Waals surface area (Å²) in [6.07, 6.45) is 3.39. The van der Waals surface area contributed by atoms with Crippen molar-refractivity contribution in [1.29, 1.82) is 0 Å². The van der Waals surface area contributed by atoms with Crippen LogP contribution in [0, 0.1) is 0 Å². The van der Waals surface area contributed by atoms with Crippen LogP contribution in [-0.4, -0.2) is 117 Å². The van der Waals surface area contributed by atoms with Crippen molar-refractivity contribution in [3.8, 4) is 0 Å². The molecule has 0 bridgehead atoms. The molecule has 3 fully saturated rings. The van der Waals surface area contributed by atoms with Gasteiger partial charge >= 0.3 is 0 Å². The van der Waals surface area contributed by atoms with Gasteiger partial charge in [0.2, 0.25) is 21.8 Å². The second-order valence-corrected chi connectivity index (χ2v) is 9.41. The molecule has 10 heteroatoms. The highest BCUT2D eigenvalue weighted by Gasteiger charge is 2.37. The maximum atomic E-state index is 12.9. The average Bonchev–Trinajstić information content (AvgIpc) is 2.67. The summed E-state index contributed by atoms with van der Waals surface area (Å²) in [4.78, 5) is 31.0. The van der Waals surface area contributed by atoms with Gasteiger partial charge in [0.05, 0.1) is 26.0 Å². The number of piperidine rings is 1. The van der Waals surface area contributed by atoms with Crippen LogP contribution >= 0.6 is 0 Å². The summed E-state index contributed by atoms with van der Waals surface area (Å²) in [5.41, 5.74) is 0. The van der Waals surface area contributed by atoms with Crippen molar-refractivity contribution in [2.75, 3.05) is 71.8 Å². The van der Waals surface area contributed by atoms with Gasteiger partial charge in [0.15, 0.2) is 0 Å². The fourth-order valence-electron chi connectivity index (χ4n) is 3.99. The van der Waals surface area contributed by atoms with E-state index in [0.29, 0.717) is 58.9 Å². The number of hydrogen-bond donors (Lipinski definition) is 0. The van der Waals surface area contributed by atoms with Gasteiger partial charge in [-0.1, -0.05) is 6.42 Å². The molecule has 154 valence electrons. The summed E-state index contributed by atoms with van der Waals surface area (Å²) in [5.74, 6) is -0.0418. The normalized spacial score (nSPS) is 26.2. The highest BCUT2D eigenvalue weighted by Crippen LogP contribution is 2.22. The van der Waals surface area contributed by atoms with Gasteiger partial charge in [-0.25, -0.2) is 8.42 Å². The van der Waals surface area contributed by atoms with Gasteiger partial charge in [0, 0.05) is 45.8 Å². The first kappa shape index (κ1) is 20.5. The molecule has 0 aromatic rings.